The summed E-state index contributed by atoms with van der Waals surface area (Å²) in [6.45, 7) is 4.80. The molecular formula is C7H12. The van der Waals surface area contributed by atoms with E-state index < -0.39 is 0 Å². The van der Waals surface area contributed by atoms with Gasteiger partial charge >= 0.3 is 0 Å². The summed E-state index contributed by atoms with van der Waals surface area (Å²) < 4.78 is 0. The van der Waals surface area contributed by atoms with Crippen LogP contribution in [0.5, 0.6) is 0 Å². The van der Waals surface area contributed by atoms with Crippen molar-refractivity contribution >= 4 is 0 Å². The zero-order valence-corrected chi connectivity index (χ0v) is 5.07. The molecule has 2 aliphatic carbocycles. The van der Waals surface area contributed by atoms with Crippen LogP contribution in [0.25, 0.3) is 0 Å². The molecule has 0 heterocycles. The Morgan fingerprint density at radius 1 is 1.14 bits per heavy atom. The third-order valence-electron chi connectivity index (χ3n) is 3.08. The average Bonchev–Trinajstić information content (AvgIpc) is 1.52. The molecule has 0 nitrogen and oxygen atoms in total. The van der Waals surface area contributed by atoms with Crippen LogP contribution in [0, 0.1) is 17.3 Å². The van der Waals surface area contributed by atoms with Gasteiger partial charge < -0.3 is 0 Å². The second kappa shape index (κ2) is 0.765. The molecule has 2 fully saturated rings. The van der Waals surface area contributed by atoms with Gasteiger partial charge in [0.05, 0.1) is 0 Å². The van der Waals surface area contributed by atoms with Gasteiger partial charge in [-0.15, -0.1) is 0 Å². The Bertz CT molecular complexity index is 90.6. The summed E-state index contributed by atoms with van der Waals surface area (Å²) in [6.07, 6.45) is 3.05. The van der Waals surface area contributed by atoms with Gasteiger partial charge in [0.1, 0.15) is 0 Å². The van der Waals surface area contributed by atoms with E-state index in [-0.39, 0.29) is 0 Å². The highest BCUT2D eigenvalue weighted by atomic mass is 14.7. The second-order valence-electron chi connectivity index (χ2n) is 3.61. The average molecular weight is 96.2 g/mol. The van der Waals surface area contributed by atoms with Crippen molar-refractivity contribution in [3.8, 4) is 0 Å². The maximum atomic E-state index is 2.40. The Morgan fingerprint density at radius 3 is 1.57 bits per heavy atom. The summed E-state index contributed by atoms with van der Waals surface area (Å²) in [5.74, 6) is 2.29. The molecule has 2 saturated carbocycles. The van der Waals surface area contributed by atoms with Crippen LogP contribution in [-0.4, -0.2) is 0 Å². The molecule has 40 valence electrons. The van der Waals surface area contributed by atoms with Crippen LogP contribution in [0.2, 0.25) is 0 Å². The Hall–Kier alpha value is 0. The molecule has 2 rings (SSSR count). The first-order valence-corrected chi connectivity index (χ1v) is 3.23. The lowest BCUT2D eigenvalue weighted by atomic mass is 10.0. The molecule has 0 aromatic rings. The van der Waals surface area contributed by atoms with E-state index in [4.69, 9.17) is 0 Å². The van der Waals surface area contributed by atoms with E-state index in [1.54, 1.807) is 0 Å². The van der Waals surface area contributed by atoms with Crippen LogP contribution in [0.1, 0.15) is 26.7 Å². The molecule has 2 atom stereocenters. The van der Waals surface area contributed by atoms with Crippen LogP contribution < -0.4 is 0 Å². The van der Waals surface area contributed by atoms with Crippen LogP contribution in [0.15, 0.2) is 0 Å². The summed E-state index contributed by atoms with van der Waals surface area (Å²) in [4.78, 5) is 0. The zero-order chi connectivity index (χ0) is 5.07. The van der Waals surface area contributed by atoms with E-state index in [9.17, 15) is 0 Å². The molecule has 0 unspecified atom stereocenters. The minimum Gasteiger partial charge on any atom is -0.0594 e. The van der Waals surface area contributed by atoms with Crippen molar-refractivity contribution in [2.45, 2.75) is 26.7 Å². The Kier molecular flexibility index (Phi) is 0.430. The standard InChI is InChI=1S/C7H12/c1-7(2)5-3-4-6(5)7/h5-6H,3-4H2,1-2H3/t5-,6+. The summed E-state index contributed by atoms with van der Waals surface area (Å²) in [6, 6.07) is 0. The highest BCUT2D eigenvalue weighted by molar-refractivity contribution is 5.11. The van der Waals surface area contributed by atoms with Crippen molar-refractivity contribution in [3.63, 3.8) is 0 Å². The van der Waals surface area contributed by atoms with Gasteiger partial charge in [0.15, 0.2) is 0 Å². The highest BCUT2D eigenvalue weighted by Crippen LogP contribution is 2.70. The normalized spacial score (nSPS) is 52.3. The number of rotatable bonds is 0. The summed E-state index contributed by atoms with van der Waals surface area (Å²) >= 11 is 0. The van der Waals surface area contributed by atoms with Crippen molar-refractivity contribution in [2.75, 3.05) is 0 Å². The largest absolute Gasteiger partial charge is 0.0594 e. The van der Waals surface area contributed by atoms with Gasteiger partial charge in [-0.05, 0) is 30.1 Å². The van der Waals surface area contributed by atoms with Gasteiger partial charge in [0.25, 0.3) is 0 Å². The summed E-state index contributed by atoms with van der Waals surface area (Å²) in [5, 5.41) is 0. The summed E-state index contributed by atoms with van der Waals surface area (Å²) in [7, 11) is 0. The van der Waals surface area contributed by atoms with Gasteiger partial charge in [-0.25, -0.2) is 0 Å². The van der Waals surface area contributed by atoms with Gasteiger partial charge in [-0.2, -0.15) is 0 Å². The van der Waals surface area contributed by atoms with Crippen LogP contribution in [-0.2, 0) is 0 Å². The van der Waals surface area contributed by atoms with Crippen molar-refractivity contribution in [3.05, 3.63) is 0 Å². The first-order valence-electron chi connectivity index (χ1n) is 3.23. The van der Waals surface area contributed by atoms with Gasteiger partial charge in [0.2, 0.25) is 0 Å². The Labute approximate surface area is 44.9 Å². The predicted molar refractivity (Wildman–Crippen MR) is 30.0 cm³/mol. The molecule has 0 bridgehead atoms. The molecule has 0 aliphatic heterocycles. The van der Waals surface area contributed by atoms with Crippen molar-refractivity contribution < 1.29 is 0 Å². The Morgan fingerprint density at radius 2 is 1.57 bits per heavy atom. The fourth-order valence-electron chi connectivity index (χ4n) is 2.10. The monoisotopic (exact) mass is 96.1 g/mol. The molecule has 0 aromatic heterocycles. The molecule has 0 aromatic carbocycles. The third-order valence-corrected chi connectivity index (χ3v) is 3.08. The molecule has 0 amide bonds. The minimum absolute atomic E-state index is 0.778. The van der Waals surface area contributed by atoms with Crippen LogP contribution in [0.3, 0.4) is 0 Å². The molecule has 0 N–H and O–H groups in total. The lowest BCUT2D eigenvalue weighted by molar-refractivity contribution is 0.468. The zero-order valence-electron chi connectivity index (χ0n) is 5.07. The maximum absolute atomic E-state index is 2.40. The van der Waals surface area contributed by atoms with E-state index in [1.807, 2.05) is 0 Å². The fraction of sp³-hybridized carbons (Fsp3) is 1.00. The van der Waals surface area contributed by atoms with E-state index in [0.29, 0.717) is 0 Å². The second-order valence-corrected chi connectivity index (χ2v) is 3.61. The lowest BCUT2D eigenvalue weighted by Crippen LogP contribution is -1.93. The lowest BCUT2D eigenvalue weighted by Gasteiger charge is -2.04. The summed E-state index contributed by atoms with van der Waals surface area (Å²) in [5.41, 5.74) is 0.778. The smallest absolute Gasteiger partial charge is 0.0292 e. The molecule has 7 heavy (non-hydrogen) atoms. The predicted octanol–water partition coefficient (Wildman–Crippen LogP) is 2.05. The van der Waals surface area contributed by atoms with E-state index in [0.717, 1.165) is 17.3 Å². The molecule has 0 heteroatoms. The first kappa shape index (κ1) is 3.94. The third kappa shape index (κ3) is 0.266. The number of hydrogen-bond donors (Lipinski definition) is 0. The Balaban J connectivity index is 2.18. The molecule has 0 saturated heterocycles. The van der Waals surface area contributed by atoms with Crippen molar-refractivity contribution in [1.29, 1.82) is 0 Å². The molecule has 0 radical (unpaired) electrons. The highest BCUT2D eigenvalue weighted by Gasteiger charge is 2.62. The van der Waals surface area contributed by atoms with Crippen LogP contribution in [0.4, 0.5) is 0 Å². The quantitative estimate of drug-likeness (QED) is 0.433. The van der Waals surface area contributed by atoms with Crippen molar-refractivity contribution in [1.82, 2.24) is 0 Å². The molecular weight excluding hydrogens is 84.1 g/mol. The van der Waals surface area contributed by atoms with Gasteiger partial charge in [-0.1, -0.05) is 13.8 Å². The molecule has 2 aliphatic rings. The van der Waals surface area contributed by atoms with Crippen LogP contribution >= 0.6 is 0 Å². The SMILES string of the molecule is CC1(C)[C@@H]2CC[C@@H]21. The maximum Gasteiger partial charge on any atom is -0.0292 e. The number of fused-ring (bicyclic) bond motifs is 1. The first-order chi connectivity index (χ1) is 3.23. The number of hydrogen-bond acceptors (Lipinski definition) is 0. The van der Waals surface area contributed by atoms with E-state index >= 15 is 0 Å². The topological polar surface area (TPSA) is 0 Å². The fourth-order valence-corrected chi connectivity index (χ4v) is 2.10. The van der Waals surface area contributed by atoms with E-state index in [1.165, 1.54) is 12.8 Å². The van der Waals surface area contributed by atoms with E-state index in [2.05, 4.69) is 13.8 Å². The van der Waals surface area contributed by atoms with Gasteiger partial charge in [0, 0.05) is 0 Å². The minimum atomic E-state index is 0.778. The van der Waals surface area contributed by atoms with Gasteiger partial charge in [-0.3, -0.25) is 0 Å². The van der Waals surface area contributed by atoms with Crippen molar-refractivity contribution in [2.24, 2.45) is 17.3 Å². The molecule has 0 spiro atoms.